The minimum Gasteiger partial charge on any atom is -0.382 e. The van der Waals surface area contributed by atoms with Gasteiger partial charge in [0, 0.05) is 12.7 Å². The van der Waals surface area contributed by atoms with Gasteiger partial charge in [0.05, 0.1) is 24.5 Å². The van der Waals surface area contributed by atoms with Crippen molar-refractivity contribution in [1.29, 1.82) is 0 Å². The fraction of sp³-hybridized carbons (Fsp3) is 0.333. The number of carbonyl (C=O) groups is 1. The number of nitrogens with two attached hydrogens (primary N) is 1. The summed E-state index contributed by atoms with van der Waals surface area (Å²) in [5, 5.41) is 4.36. The van der Waals surface area contributed by atoms with Crippen LogP contribution >= 0.6 is 0 Å². The van der Waals surface area contributed by atoms with Gasteiger partial charge in [0.2, 0.25) is 0 Å². The number of methoxy groups -OCH3 is 1. The Morgan fingerprint density at radius 2 is 2.00 bits per heavy atom. The summed E-state index contributed by atoms with van der Waals surface area (Å²) in [6.07, 6.45) is 0. The van der Waals surface area contributed by atoms with Crippen LogP contribution in [0.4, 0.5) is 4.39 Å². The summed E-state index contributed by atoms with van der Waals surface area (Å²) in [4.78, 5) is 11.7. The first kappa shape index (κ1) is 16.1. The van der Waals surface area contributed by atoms with Crippen molar-refractivity contribution in [2.75, 3.05) is 20.3 Å². The molecule has 7 heteroatoms. The van der Waals surface area contributed by atoms with Crippen LogP contribution in [0.5, 0.6) is 0 Å². The number of halogens is 1. The van der Waals surface area contributed by atoms with Gasteiger partial charge in [-0.15, -0.1) is 0 Å². The normalized spacial score (nSPS) is 10.9. The highest BCUT2D eigenvalue weighted by Gasteiger charge is 2.20. The zero-order valence-electron chi connectivity index (χ0n) is 12.5. The first-order valence-electron chi connectivity index (χ1n) is 6.74. The van der Waals surface area contributed by atoms with Crippen LogP contribution in [0.1, 0.15) is 16.1 Å². The second kappa shape index (κ2) is 7.15. The molecule has 0 aliphatic rings. The Morgan fingerprint density at radius 1 is 1.32 bits per heavy atom. The van der Waals surface area contributed by atoms with Gasteiger partial charge in [-0.3, -0.25) is 4.79 Å². The van der Waals surface area contributed by atoms with E-state index in [4.69, 9.17) is 15.2 Å². The molecular weight excluding hydrogens is 289 g/mol. The number of nitrogens with zero attached hydrogens (tertiary/aromatic N) is 2. The molecule has 2 rings (SSSR count). The van der Waals surface area contributed by atoms with Crippen LogP contribution in [0.2, 0.25) is 0 Å². The molecule has 22 heavy (non-hydrogen) atoms. The van der Waals surface area contributed by atoms with Gasteiger partial charge < -0.3 is 15.2 Å². The molecule has 2 aromatic rings. The number of hydrogen-bond donors (Lipinski definition) is 1. The number of hydrogen-bond acceptors (Lipinski definition) is 4. The van der Waals surface area contributed by atoms with Gasteiger partial charge in [0.1, 0.15) is 18.2 Å². The number of amides is 1. The third-order valence-electron chi connectivity index (χ3n) is 3.22. The van der Waals surface area contributed by atoms with E-state index in [1.165, 1.54) is 12.1 Å². The fourth-order valence-electron chi connectivity index (χ4n) is 2.07. The Bertz CT molecular complexity index is 653. The average molecular weight is 307 g/mol. The van der Waals surface area contributed by atoms with E-state index in [0.29, 0.717) is 35.7 Å². The summed E-state index contributed by atoms with van der Waals surface area (Å²) in [5.74, 6) is -0.941. The van der Waals surface area contributed by atoms with Crippen molar-refractivity contribution in [1.82, 2.24) is 9.78 Å². The minimum atomic E-state index is -0.583. The van der Waals surface area contributed by atoms with Gasteiger partial charge in [-0.05, 0) is 31.2 Å². The van der Waals surface area contributed by atoms with Crippen molar-refractivity contribution in [2.45, 2.75) is 13.7 Å². The lowest BCUT2D eigenvalue weighted by molar-refractivity contribution is 0.0280. The molecule has 0 bridgehead atoms. The van der Waals surface area contributed by atoms with Crippen LogP contribution in [-0.2, 0) is 16.2 Å². The third kappa shape index (κ3) is 3.49. The monoisotopic (exact) mass is 307 g/mol. The van der Waals surface area contributed by atoms with Crippen molar-refractivity contribution in [3.05, 3.63) is 41.3 Å². The second-order valence-corrected chi connectivity index (χ2v) is 4.71. The van der Waals surface area contributed by atoms with E-state index < -0.39 is 5.91 Å². The maximum Gasteiger partial charge on any atom is 0.252 e. The van der Waals surface area contributed by atoms with Gasteiger partial charge in [0.15, 0.2) is 0 Å². The van der Waals surface area contributed by atoms with Crippen molar-refractivity contribution >= 4 is 5.91 Å². The second-order valence-electron chi connectivity index (χ2n) is 4.71. The zero-order valence-corrected chi connectivity index (χ0v) is 12.5. The third-order valence-corrected chi connectivity index (χ3v) is 3.22. The molecule has 1 amide bonds. The predicted octanol–water partition coefficient (Wildman–Crippen LogP) is 1.72. The Kier molecular flexibility index (Phi) is 5.24. The molecule has 1 heterocycles. The summed E-state index contributed by atoms with van der Waals surface area (Å²) < 4.78 is 24.9. The predicted molar refractivity (Wildman–Crippen MR) is 78.7 cm³/mol. The lowest BCUT2D eigenvalue weighted by Gasteiger charge is -2.05. The highest BCUT2D eigenvalue weighted by molar-refractivity contribution is 6.00. The maximum absolute atomic E-state index is 13.0. The lowest BCUT2D eigenvalue weighted by Crippen LogP contribution is -2.14. The number of ether oxygens (including phenoxy) is 2. The summed E-state index contributed by atoms with van der Waals surface area (Å²) >= 11 is 0. The van der Waals surface area contributed by atoms with E-state index in [2.05, 4.69) is 5.10 Å². The molecule has 0 atom stereocenters. The zero-order chi connectivity index (χ0) is 16.1. The fourth-order valence-corrected chi connectivity index (χ4v) is 2.07. The molecule has 118 valence electrons. The van der Waals surface area contributed by atoms with E-state index in [1.807, 2.05) is 0 Å². The average Bonchev–Trinajstić information content (AvgIpc) is 2.81. The van der Waals surface area contributed by atoms with Gasteiger partial charge in [-0.25, -0.2) is 9.07 Å². The van der Waals surface area contributed by atoms with Gasteiger partial charge in [0.25, 0.3) is 5.91 Å². The first-order valence-corrected chi connectivity index (χ1v) is 6.74. The lowest BCUT2D eigenvalue weighted by atomic mass is 10.1. The summed E-state index contributed by atoms with van der Waals surface area (Å²) in [6, 6.07) is 5.73. The standard InChI is InChI=1S/C15H18FN3O3/c1-10-13(15(17)20)14(11-3-5-12(16)6-4-11)18-19(10)9-22-8-7-21-2/h3-6H,7-9H2,1-2H3,(H2,17,20). The molecule has 2 N–H and O–H groups in total. The van der Waals surface area contributed by atoms with Crippen LogP contribution < -0.4 is 5.73 Å². The highest BCUT2D eigenvalue weighted by Crippen LogP contribution is 2.25. The van der Waals surface area contributed by atoms with E-state index in [0.717, 1.165) is 0 Å². The summed E-state index contributed by atoms with van der Waals surface area (Å²) in [5.41, 5.74) is 7.39. The van der Waals surface area contributed by atoms with Crippen LogP contribution in [0.25, 0.3) is 11.3 Å². The molecule has 0 radical (unpaired) electrons. The van der Waals surface area contributed by atoms with E-state index >= 15 is 0 Å². The maximum atomic E-state index is 13.0. The Morgan fingerprint density at radius 3 is 2.59 bits per heavy atom. The van der Waals surface area contributed by atoms with Crippen LogP contribution in [0.15, 0.2) is 24.3 Å². The first-order chi connectivity index (χ1) is 10.5. The molecule has 0 saturated carbocycles. The van der Waals surface area contributed by atoms with Crippen LogP contribution in [0.3, 0.4) is 0 Å². The van der Waals surface area contributed by atoms with Gasteiger partial charge >= 0.3 is 0 Å². The number of rotatable bonds is 7. The van der Waals surface area contributed by atoms with Crippen LogP contribution in [0, 0.1) is 12.7 Å². The van der Waals surface area contributed by atoms with E-state index in [1.54, 1.807) is 30.8 Å². The van der Waals surface area contributed by atoms with Crippen molar-refractivity contribution in [2.24, 2.45) is 5.73 Å². The molecule has 0 saturated heterocycles. The number of benzene rings is 1. The van der Waals surface area contributed by atoms with Crippen molar-refractivity contribution in [3.63, 3.8) is 0 Å². The number of aromatic nitrogens is 2. The molecule has 0 aliphatic carbocycles. The molecule has 1 aromatic heterocycles. The molecule has 1 aromatic carbocycles. The Balaban J connectivity index is 2.32. The Labute approximate surface area is 127 Å². The topological polar surface area (TPSA) is 79.4 Å². The van der Waals surface area contributed by atoms with E-state index in [9.17, 15) is 9.18 Å². The molecule has 0 fully saturated rings. The van der Waals surface area contributed by atoms with Crippen LogP contribution in [-0.4, -0.2) is 36.0 Å². The van der Waals surface area contributed by atoms with Crippen molar-refractivity contribution < 1.29 is 18.7 Å². The molecule has 0 unspecified atom stereocenters. The number of primary amides is 1. The largest absolute Gasteiger partial charge is 0.382 e. The quantitative estimate of drug-likeness (QED) is 0.790. The molecular formula is C15H18FN3O3. The Hall–Kier alpha value is -2.25. The summed E-state index contributed by atoms with van der Waals surface area (Å²) in [7, 11) is 1.58. The molecule has 0 spiro atoms. The van der Waals surface area contributed by atoms with Gasteiger partial charge in [-0.1, -0.05) is 0 Å². The highest BCUT2D eigenvalue weighted by atomic mass is 19.1. The SMILES string of the molecule is COCCOCn1nc(-c2ccc(F)cc2)c(C(N)=O)c1C. The molecule has 0 aliphatic heterocycles. The van der Waals surface area contributed by atoms with E-state index in [-0.39, 0.29) is 12.5 Å². The smallest absolute Gasteiger partial charge is 0.252 e. The number of carbonyl (C=O) groups excluding carboxylic acids is 1. The van der Waals surface area contributed by atoms with Crippen molar-refractivity contribution in [3.8, 4) is 11.3 Å². The minimum absolute atomic E-state index is 0.177. The summed E-state index contributed by atoms with van der Waals surface area (Å²) in [6.45, 7) is 2.79. The van der Waals surface area contributed by atoms with Gasteiger partial charge in [-0.2, -0.15) is 5.10 Å². The molecule has 6 nitrogen and oxygen atoms in total.